The number of nitrogens with zero attached hydrogens (tertiary/aromatic N) is 1. The Labute approximate surface area is 147 Å². The smallest absolute Gasteiger partial charge is 0.262 e. The Morgan fingerprint density at radius 3 is 1.96 bits per heavy atom. The minimum atomic E-state index is -0.784. The number of benzene rings is 2. The zero-order valence-electron chi connectivity index (χ0n) is 14.7. The Balaban J connectivity index is 2.03. The molecule has 0 saturated heterocycles. The van der Waals surface area contributed by atoms with Gasteiger partial charge in [-0.2, -0.15) is 0 Å². The van der Waals surface area contributed by atoms with Crippen LogP contribution in [-0.4, -0.2) is 28.5 Å². The first-order valence-corrected chi connectivity index (χ1v) is 8.48. The quantitative estimate of drug-likeness (QED) is 0.615. The van der Waals surface area contributed by atoms with Gasteiger partial charge < -0.3 is 0 Å². The summed E-state index contributed by atoms with van der Waals surface area (Å²) in [4.78, 5) is 39.9. The molecule has 25 heavy (non-hydrogen) atoms. The topological polar surface area (TPSA) is 54.5 Å². The normalized spacial score (nSPS) is 14.8. The third kappa shape index (κ3) is 3.00. The standard InChI is InChI=1S/C21H21NO3/c1-13(2)12-18(19(23)15-9-5-4-8-14(15)3)22-20(24)16-10-6-7-11-17(16)21(22)25/h4-11,13,18H,12H2,1-3H3. The molecule has 4 nitrogen and oxygen atoms in total. The molecule has 1 aliphatic heterocycles. The summed E-state index contributed by atoms with van der Waals surface area (Å²) >= 11 is 0. The SMILES string of the molecule is Cc1ccccc1C(=O)C(CC(C)C)N1C(=O)c2ccccc2C1=O. The molecular formula is C21H21NO3. The molecule has 1 aliphatic rings. The van der Waals surface area contributed by atoms with Crippen LogP contribution in [0.25, 0.3) is 0 Å². The van der Waals surface area contributed by atoms with Crippen LogP contribution in [0.5, 0.6) is 0 Å². The van der Waals surface area contributed by atoms with Crippen molar-refractivity contribution in [3.63, 3.8) is 0 Å². The van der Waals surface area contributed by atoms with Crippen molar-refractivity contribution in [2.75, 3.05) is 0 Å². The molecule has 1 atom stereocenters. The van der Waals surface area contributed by atoms with Crippen LogP contribution in [0.15, 0.2) is 48.5 Å². The van der Waals surface area contributed by atoms with Crippen molar-refractivity contribution in [1.82, 2.24) is 4.90 Å². The molecular weight excluding hydrogens is 314 g/mol. The van der Waals surface area contributed by atoms with E-state index in [2.05, 4.69) is 0 Å². The second kappa shape index (κ2) is 6.63. The lowest BCUT2D eigenvalue weighted by atomic mass is 9.92. The highest BCUT2D eigenvalue weighted by atomic mass is 16.2. The highest BCUT2D eigenvalue weighted by Crippen LogP contribution is 2.29. The van der Waals surface area contributed by atoms with Gasteiger partial charge in [0.2, 0.25) is 0 Å². The molecule has 0 spiro atoms. The number of carbonyl (C=O) groups is 3. The number of Topliss-reactive ketones (excluding diaryl/α,β-unsaturated/α-hetero) is 1. The van der Waals surface area contributed by atoms with Gasteiger partial charge in [-0.15, -0.1) is 0 Å². The van der Waals surface area contributed by atoms with Gasteiger partial charge in [0.05, 0.1) is 11.1 Å². The largest absolute Gasteiger partial charge is 0.292 e. The van der Waals surface area contributed by atoms with Crippen LogP contribution in [0, 0.1) is 12.8 Å². The van der Waals surface area contributed by atoms with Crippen molar-refractivity contribution >= 4 is 17.6 Å². The van der Waals surface area contributed by atoms with Crippen molar-refractivity contribution in [3.05, 3.63) is 70.8 Å². The molecule has 0 saturated carbocycles. The van der Waals surface area contributed by atoms with E-state index < -0.39 is 6.04 Å². The lowest BCUT2D eigenvalue weighted by molar-refractivity contribution is 0.0521. The van der Waals surface area contributed by atoms with E-state index in [9.17, 15) is 14.4 Å². The summed E-state index contributed by atoms with van der Waals surface area (Å²) in [6.07, 6.45) is 0.443. The van der Waals surface area contributed by atoms with E-state index in [0.29, 0.717) is 23.1 Å². The van der Waals surface area contributed by atoms with Gasteiger partial charge >= 0.3 is 0 Å². The third-order valence-electron chi connectivity index (χ3n) is 4.54. The number of aryl methyl sites for hydroxylation is 1. The molecule has 2 aromatic carbocycles. The number of amides is 2. The van der Waals surface area contributed by atoms with E-state index in [1.807, 2.05) is 32.9 Å². The summed E-state index contributed by atoms with van der Waals surface area (Å²) in [6, 6.07) is 13.2. The Hall–Kier alpha value is -2.75. The Morgan fingerprint density at radius 2 is 1.44 bits per heavy atom. The molecule has 4 heteroatoms. The second-order valence-electron chi connectivity index (χ2n) is 6.85. The van der Waals surface area contributed by atoms with Crippen molar-refractivity contribution in [2.24, 2.45) is 5.92 Å². The fraction of sp³-hybridized carbons (Fsp3) is 0.286. The molecule has 0 fully saturated rings. The van der Waals surface area contributed by atoms with Crippen LogP contribution < -0.4 is 0 Å². The minimum Gasteiger partial charge on any atom is -0.292 e. The first kappa shape index (κ1) is 17.1. The van der Waals surface area contributed by atoms with Gasteiger partial charge in [-0.3, -0.25) is 19.3 Å². The van der Waals surface area contributed by atoms with E-state index in [1.54, 1.807) is 36.4 Å². The van der Waals surface area contributed by atoms with Crippen LogP contribution in [0.4, 0.5) is 0 Å². The predicted octanol–water partition coefficient (Wildman–Crippen LogP) is 3.89. The van der Waals surface area contributed by atoms with Crippen molar-refractivity contribution in [2.45, 2.75) is 33.2 Å². The first-order valence-electron chi connectivity index (χ1n) is 8.48. The summed E-state index contributed by atoms with van der Waals surface area (Å²) in [6.45, 7) is 5.83. The molecule has 0 aliphatic carbocycles. The third-order valence-corrected chi connectivity index (χ3v) is 4.54. The first-order chi connectivity index (χ1) is 11.9. The molecule has 128 valence electrons. The number of carbonyl (C=O) groups excluding carboxylic acids is 3. The summed E-state index contributed by atoms with van der Waals surface area (Å²) in [5.41, 5.74) is 2.15. The number of rotatable bonds is 5. The monoisotopic (exact) mass is 335 g/mol. The van der Waals surface area contributed by atoms with E-state index >= 15 is 0 Å². The summed E-state index contributed by atoms with van der Waals surface area (Å²) < 4.78 is 0. The number of hydrogen-bond acceptors (Lipinski definition) is 3. The Morgan fingerprint density at radius 1 is 0.920 bits per heavy atom. The van der Waals surface area contributed by atoms with Crippen LogP contribution in [0.2, 0.25) is 0 Å². The maximum Gasteiger partial charge on any atom is 0.262 e. The van der Waals surface area contributed by atoms with E-state index in [-0.39, 0.29) is 23.5 Å². The van der Waals surface area contributed by atoms with Gasteiger partial charge in [0.15, 0.2) is 5.78 Å². The summed E-state index contributed by atoms with van der Waals surface area (Å²) in [5, 5.41) is 0. The van der Waals surface area contributed by atoms with Gasteiger partial charge in [0.25, 0.3) is 11.8 Å². The summed E-state index contributed by atoms with van der Waals surface area (Å²) in [5.74, 6) is -0.773. The molecule has 0 bridgehead atoms. The minimum absolute atomic E-state index is 0.169. The average Bonchev–Trinajstić information content (AvgIpc) is 2.84. The maximum atomic E-state index is 13.2. The van der Waals surface area contributed by atoms with Crippen molar-refractivity contribution in [1.29, 1.82) is 0 Å². The van der Waals surface area contributed by atoms with Gasteiger partial charge in [0.1, 0.15) is 6.04 Å². The lowest BCUT2D eigenvalue weighted by Crippen LogP contribution is -2.45. The fourth-order valence-corrected chi connectivity index (χ4v) is 3.30. The van der Waals surface area contributed by atoms with Gasteiger partial charge in [-0.25, -0.2) is 0 Å². The molecule has 2 aromatic rings. The number of fused-ring (bicyclic) bond motifs is 1. The zero-order chi connectivity index (χ0) is 18.1. The zero-order valence-corrected chi connectivity index (χ0v) is 14.7. The molecule has 2 amide bonds. The van der Waals surface area contributed by atoms with Gasteiger partial charge in [0, 0.05) is 5.56 Å². The molecule has 0 radical (unpaired) electrons. The Bertz CT molecular complexity index is 819. The van der Waals surface area contributed by atoms with Crippen LogP contribution in [-0.2, 0) is 0 Å². The Kier molecular flexibility index (Phi) is 4.53. The fourth-order valence-electron chi connectivity index (χ4n) is 3.30. The van der Waals surface area contributed by atoms with Crippen LogP contribution in [0.3, 0.4) is 0 Å². The molecule has 1 heterocycles. The second-order valence-corrected chi connectivity index (χ2v) is 6.85. The highest BCUT2D eigenvalue weighted by Gasteiger charge is 2.43. The average molecular weight is 335 g/mol. The number of imide groups is 1. The van der Waals surface area contributed by atoms with Crippen LogP contribution >= 0.6 is 0 Å². The number of ketones is 1. The molecule has 0 aromatic heterocycles. The predicted molar refractivity (Wildman–Crippen MR) is 95.7 cm³/mol. The van der Waals surface area contributed by atoms with Crippen LogP contribution in [0.1, 0.15) is 56.9 Å². The van der Waals surface area contributed by atoms with Crippen molar-refractivity contribution < 1.29 is 14.4 Å². The maximum absolute atomic E-state index is 13.2. The van der Waals surface area contributed by atoms with E-state index in [4.69, 9.17) is 0 Å². The highest BCUT2D eigenvalue weighted by molar-refractivity contribution is 6.23. The molecule has 3 rings (SSSR count). The molecule has 1 unspecified atom stereocenters. The molecule has 0 N–H and O–H groups in total. The van der Waals surface area contributed by atoms with E-state index in [1.165, 1.54) is 0 Å². The van der Waals surface area contributed by atoms with Gasteiger partial charge in [-0.05, 0) is 37.0 Å². The summed E-state index contributed by atoms with van der Waals surface area (Å²) in [7, 11) is 0. The van der Waals surface area contributed by atoms with Crippen molar-refractivity contribution in [3.8, 4) is 0 Å². The lowest BCUT2D eigenvalue weighted by Gasteiger charge is -2.27. The van der Waals surface area contributed by atoms with E-state index in [0.717, 1.165) is 10.5 Å². The van der Waals surface area contributed by atoms with Gasteiger partial charge in [-0.1, -0.05) is 50.2 Å². The number of hydrogen-bond donors (Lipinski definition) is 0.